The second-order valence-electron chi connectivity index (χ2n) is 5.78. The van der Waals surface area contributed by atoms with Gasteiger partial charge in [-0.2, -0.15) is 4.72 Å². The zero-order chi connectivity index (χ0) is 17.1. The van der Waals surface area contributed by atoms with Crippen molar-refractivity contribution in [1.29, 1.82) is 0 Å². The standard InChI is InChI=1S/C15H19F2NO4S/c16-15(17)9-5-4-8-12(15)10-23(21,22)18-13(14(19)20)11-6-2-1-3-7-11/h1-3,6-7,12-13,18H,4-5,8-10H2,(H,19,20)/t12?,13-/m1/s1. The average molecular weight is 347 g/mol. The lowest BCUT2D eigenvalue weighted by molar-refractivity contribution is -0.139. The van der Waals surface area contributed by atoms with Crippen LogP contribution in [0.15, 0.2) is 30.3 Å². The Morgan fingerprint density at radius 3 is 2.52 bits per heavy atom. The molecule has 1 unspecified atom stereocenters. The van der Waals surface area contributed by atoms with Crippen LogP contribution in [-0.4, -0.2) is 31.2 Å². The lowest BCUT2D eigenvalue weighted by atomic mass is 9.87. The zero-order valence-electron chi connectivity index (χ0n) is 12.4. The van der Waals surface area contributed by atoms with Crippen LogP contribution in [0.2, 0.25) is 0 Å². The van der Waals surface area contributed by atoms with Crippen LogP contribution in [0, 0.1) is 5.92 Å². The fourth-order valence-electron chi connectivity index (χ4n) is 2.77. The SMILES string of the molecule is O=C(O)[C@H](NS(=O)(=O)CC1CCCCC1(F)F)c1ccccc1. The normalized spacial score (nSPS) is 22.4. The molecule has 1 aliphatic carbocycles. The van der Waals surface area contributed by atoms with Crippen molar-refractivity contribution in [1.82, 2.24) is 4.72 Å². The molecule has 0 saturated heterocycles. The molecule has 5 nitrogen and oxygen atoms in total. The van der Waals surface area contributed by atoms with Crippen molar-refractivity contribution in [3.05, 3.63) is 35.9 Å². The summed E-state index contributed by atoms with van der Waals surface area (Å²) in [7, 11) is -4.16. The van der Waals surface area contributed by atoms with Crippen LogP contribution < -0.4 is 4.72 Å². The summed E-state index contributed by atoms with van der Waals surface area (Å²) in [6, 6.07) is 6.27. The number of rotatable bonds is 6. The van der Waals surface area contributed by atoms with Crippen molar-refractivity contribution < 1.29 is 27.1 Å². The van der Waals surface area contributed by atoms with Crippen LogP contribution in [0.1, 0.15) is 37.3 Å². The highest BCUT2D eigenvalue weighted by Gasteiger charge is 2.44. The van der Waals surface area contributed by atoms with Crippen LogP contribution in [0.5, 0.6) is 0 Å². The summed E-state index contributed by atoms with van der Waals surface area (Å²) in [5, 5.41) is 9.22. The van der Waals surface area contributed by atoms with Gasteiger partial charge in [0, 0.05) is 12.3 Å². The number of carboxylic acids is 1. The van der Waals surface area contributed by atoms with E-state index >= 15 is 0 Å². The van der Waals surface area contributed by atoms with E-state index in [-0.39, 0.29) is 18.4 Å². The van der Waals surface area contributed by atoms with Gasteiger partial charge in [0.15, 0.2) is 0 Å². The average Bonchev–Trinajstić information content (AvgIpc) is 2.47. The van der Waals surface area contributed by atoms with E-state index in [2.05, 4.69) is 0 Å². The van der Waals surface area contributed by atoms with Crippen LogP contribution in [0.4, 0.5) is 8.78 Å². The first kappa shape index (κ1) is 17.8. The van der Waals surface area contributed by atoms with Gasteiger partial charge in [0.05, 0.1) is 5.75 Å². The van der Waals surface area contributed by atoms with Gasteiger partial charge in [-0.1, -0.05) is 36.8 Å². The molecule has 1 aromatic carbocycles. The number of sulfonamides is 1. The fraction of sp³-hybridized carbons (Fsp3) is 0.533. The Labute approximate surface area is 133 Å². The van der Waals surface area contributed by atoms with Crippen molar-refractivity contribution in [3.8, 4) is 0 Å². The van der Waals surface area contributed by atoms with E-state index in [1.165, 1.54) is 12.1 Å². The summed E-state index contributed by atoms with van der Waals surface area (Å²) < 4.78 is 54.0. The molecule has 0 spiro atoms. The van der Waals surface area contributed by atoms with Gasteiger partial charge in [-0.25, -0.2) is 17.2 Å². The third kappa shape index (κ3) is 4.71. The molecule has 1 aromatic rings. The van der Waals surface area contributed by atoms with E-state index < -0.39 is 39.6 Å². The minimum absolute atomic E-state index is 0.122. The third-order valence-corrected chi connectivity index (χ3v) is 5.44. The van der Waals surface area contributed by atoms with Crippen molar-refractivity contribution in [2.24, 2.45) is 5.92 Å². The van der Waals surface area contributed by atoms with Gasteiger partial charge in [-0.05, 0) is 18.4 Å². The van der Waals surface area contributed by atoms with Crippen LogP contribution in [0.3, 0.4) is 0 Å². The van der Waals surface area contributed by atoms with Crippen molar-refractivity contribution in [2.75, 3.05) is 5.75 Å². The largest absolute Gasteiger partial charge is 0.480 e. The van der Waals surface area contributed by atoms with Gasteiger partial charge in [-0.3, -0.25) is 4.79 Å². The summed E-state index contributed by atoms with van der Waals surface area (Å²) in [5.41, 5.74) is 0.249. The molecule has 1 aliphatic rings. The Morgan fingerprint density at radius 2 is 1.96 bits per heavy atom. The Balaban J connectivity index is 2.14. The van der Waals surface area contributed by atoms with E-state index in [1.807, 2.05) is 4.72 Å². The van der Waals surface area contributed by atoms with E-state index in [4.69, 9.17) is 0 Å². The Morgan fingerprint density at radius 1 is 1.30 bits per heavy atom. The molecule has 2 atom stereocenters. The molecule has 23 heavy (non-hydrogen) atoms. The topological polar surface area (TPSA) is 83.5 Å². The number of benzene rings is 1. The van der Waals surface area contributed by atoms with E-state index in [0.717, 1.165) is 0 Å². The molecule has 128 valence electrons. The molecule has 2 N–H and O–H groups in total. The Hall–Kier alpha value is -1.54. The van der Waals surface area contributed by atoms with Crippen LogP contribution in [-0.2, 0) is 14.8 Å². The number of halogens is 2. The minimum atomic E-state index is -4.16. The molecular weight excluding hydrogens is 328 g/mol. The van der Waals surface area contributed by atoms with E-state index in [0.29, 0.717) is 12.8 Å². The maximum Gasteiger partial charge on any atom is 0.326 e. The lowest BCUT2D eigenvalue weighted by Gasteiger charge is -2.31. The predicted molar refractivity (Wildman–Crippen MR) is 80.6 cm³/mol. The minimum Gasteiger partial charge on any atom is -0.480 e. The zero-order valence-corrected chi connectivity index (χ0v) is 13.2. The summed E-state index contributed by atoms with van der Waals surface area (Å²) >= 11 is 0. The molecule has 0 aliphatic heterocycles. The molecule has 1 saturated carbocycles. The van der Waals surface area contributed by atoms with Crippen molar-refractivity contribution in [2.45, 2.75) is 37.6 Å². The Kier molecular flexibility index (Phi) is 5.36. The lowest BCUT2D eigenvalue weighted by Crippen LogP contribution is -2.42. The van der Waals surface area contributed by atoms with E-state index in [9.17, 15) is 27.1 Å². The summed E-state index contributed by atoms with van der Waals surface area (Å²) in [5.74, 6) is -6.45. The molecule has 0 bridgehead atoms. The van der Waals surface area contributed by atoms with Crippen LogP contribution in [0.25, 0.3) is 0 Å². The quantitative estimate of drug-likeness (QED) is 0.828. The number of aliphatic carboxylic acids is 1. The first-order chi connectivity index (χ1) is 10.7. The Bertz CT molecular complexity index is 649. The summed E-state index contributed by atoms with van der Waals surface area (Å²) in [6.07, 6.45) is 0.723. The molecule has 1 fully saturated rings. The van der Waals surface area contributed by atoms with Gasteiger partial charge in [0.25, 0.3) is 5.92 Å². The number of nitrogens with one attached hydrogen (secondary N) is 1. The third-order valence-electron chi connectivity index (χ3n) is 4.01. The molecule has 2 rings (SSSR count). The smallest absolute Gasteiger partial charge is 0.326 e. The van der Waals surface area contributed by atoms with Gasteiger partial charge in [0.2, 0.25) is 10.0 Å². The summed E-state index contributed by atoms with van der Waals surface area (Å²) in [6.45, 7) is 0. The number of hydrogen-bond acceptors (Lipinski definition) is 3. The molecule has 0 aromatic heterocycles. The molecule has 0 amide bonds. The van der Waals surface area contributed by atoms with Gasteiger partial charge < -0.3 is 5.11 Å². The van der Waals surface area contributed by atoms with Crippen molar-refractivity contribution in [3.63, 3.8) is 0 Å². The highest BCUT2D eigenvalue weighted by molar-refractivity contribution is 7.89. The second-order valence-corrected chi connectivity index (χ2v) is 7.58. The van der Waals surface area contributed by atoms with Gasteiger partial charge in [-0.15, -0.1) is 0 Å². The first-order valence-corrected chi connectivity index (χ1v) is 9.02. The number of carbonyl (C=O) groups is 1. The summed E-state index contributed by atoms with van der Waals surface area (Å²) in [4.78, 5) is 11.3. The highest BCUT2D eigenvalue weighted by Crippen LogP contribution is 2.39. The highest BCUT2D eigenvalue weighted by atomic mass is 32.2. The fourth-order valence-corrected chi connectivity index (χ4v) is 4.40. The number of alkyl halides is 2. The molecule has 0 heterocycles. The predicted octanol–water partition coefficient (Wildman–Crippen LogP) is 2.56. The van der Waals surface area contributed by atoms with Crippen molar-refractivity contribution >= 4 is 16.0 Å². The number of carboxylic acid groups (broad SMARTS) is 1. The maximum absolute atomic E-state index is 13.8. The molecule has 8 heteroatoms. The second kappa shape index (κ2) is 6.92. The van der Waals surface area contributed by atoms with E-state index in [1.54, 1.807) is 18.2 Å². The van der Waals surface area contributed by atoms with Gasteiger partial charge >= 0.3 is 5.97 Å². The molecular formula is C15H19F2NO4S. The number of hydrogen-bond donors (Lipinski definition) is 2. The maximum atomic E-state index is 13.8. The first-order valence-electron chi connectivity index (χ1n) is 7.37. The molecule has 0 radical (unpaired) electrons. The van der Waals surface area contributed by atoms with Crippen LogP contribution >= 0.6 is 0 Å². The van der Waals surface area contributed by atoms with Gasteiger partial charge in [0.1, 0.15) is 6.04 Å². The monoisotopic (exact) mass is 347 g/mol.